The van der Waals surface area contributed by atoms with Gasteiger partial charge in [0, 0.05) is 31.2 Å². The van der Waals surface area contributed by atoms with Gasteiger partial charge < -0.3 is 10.6 Å². The lowest BCUT2D eigenvalue weighted by molar-refractivity contribution is 0.0982. The fourth-order valence-corrected chi connectivity index (χ4v) is 4.05. The van der Waals surface area contributed by atoms with Gasteiger partial charge in [0.05, 0.1) is 6.26 Å². The van der Waals surface area contributed by atoms with Crippen molar-refractivity contribution in [2.75, 3.05) is 39.5 Å². The van der Waals surface area contributed by atoms with E-state index < -0.39 is 15.6 Å². The minimum atomic E-state index is -3.24. The molecule has 0 aromatic rings. The maximum Gasteiger partial charge on any atom is 0.209 e. The van der Waals surface area contributed by atoms with Crippen LogP contribution in [0.15, 0.2) is 4.99 Å². The third-order valence-corrected chi connectivity index (χ3v) is 5.21. The second kappa shape index (κ2) is 8.49. The van der Waals surface area contributed by atoms with Crippen LogP contribution in [0.4, 0.5) is 0 Å². The molecule has 1 saturated heterocycles. The monoisotopic (exact) mass is 361 g/mol. The summed E-state index contributed by atoms with van der Waals surface area (Å²) in [5.74, 6) is 0.684. The van der Waals surface area contributed by atoms with Crippen molar-refractivity contribution in [2.45, 2.75) is 58.0 Å². The van der Waals surface area contributed by atoms with Crippen molar-refractivity contribution in [3.8, 4) is 0 Å². The molecule has 1 fully saturated rings. The van der Waals surface area contributed by atoms with Crippen molar-refractivity contribution >= 4 is 16.0 Å². The Morgan fingerprint density at radius 2 is 1.58 bits per heavy atom. The number of guanidine groups is 1. The topological polar surface area (TPSA) is 85.8 Å². The van der Waals surface area contributed by atoms with Gasteiger partial charge in [-0.05, 0) is 53.6 Å². The van der Waals surface area contributed by atoms with Crippen LogP contribution < -0.4 is 15.4 Å². The van der Waals surface area contributed by atoms with Gasteiger partial charge in [-0.3, -0.25) is 9.89 Å². The van der Waals surface area contributed by atoms with Gasteiger partial charge in [-0.2, -0.15) is 0 Å². The Hall–Kier alpha value is -0.860. The molecule has 8 heteroatoms. The molecule has 24 heavy (non-hydrogen) atoms. The summed E-state index contributed by atoms with van der Waals surface area (Å²) in [5.41, 5.74) is -0.536. The summed E-state index contributed by atoms with van der Waals surface area (Å²) >= 11 is 0. The van der Waals surface area contributed by atoms with E-state index in [9.17, 15) is 8.42 Å². The van der Waals surface area contributed by atoms with Crippen LogP contribution in [-0.2, 0) is 10.0 Å². The van der Waals surface area contributed by atoms with Crippen molar-refractivity contribution in [2.24, 2.45) is 4.99 Å². The van der Waals surface area contributed by atoms with Gasteiger partial charge in [-0.15, -0.1) is 0 Å². The Labute approximate surface area is 147 Å². The molecule has 0 atom stereocenters. The summed E-state index contributed by atoms with van der Waals surface area (Å²) in [6.07, 6.45) is 5.03. The lowest BCUT2D eigenvalue weighted by Gasteiger charge is -2.41. The van der Waals surface area contributed by atoms with Crippen LogP contribution in [0.5, 0.6) is 0 Å². The van der Waals surface area contributed by atoms with Crippen molar-refractivity contribution in [1.29, 1.82) is 0 Å². The number of nitrogens with zero attached hydrogens (tertiary/aromatic N) is 2. The number of sulfonamides is 1. The highest BCUT2D eigenvalue weighted by Gasteiger charge is 2.28. The van der Waals surface area contributed by atoms with Crippen molar-refractivity contribution in [1.82, 2.24) is 20.3 Å². The predicted molar refractivity (Wildman–Crippen MR) is 101 cm³/mol. The summed E-state index contributed by atoms with van der Waals surface area (Å²) in [6, 6.07) is 0. The lowest BCUT2D eigenvalue weighted by Crippen LogP contribution is -2.57. The number of piperidine rings is 1. The minimum absolute atomic E-state index is 0.0541. The molecule has 0 amide bonds. The molecule has 1 aliphatic rings. The van der Waals surface area contributed by atoms with Crippen LogP contribution in [0, 0.1) is 0 Å². The molecular weight excluding hydrogens is 326 g/mol. The predicted octanol–water partition coefficient (Wildman–Crippen LogP) is 0.744. The van der Waals surface area contributed by atoms with Crippen LogP contribution >= 0.6 is 0 Å². The average Bonchev–Trinajstić information content (AvgIpc) is 2.46. The maximum absolute atomic E-state index is 11.4. The quantitative estimate of drug-likeness (QED) is 0.460. The third kappa shape index (κ3) is 7.81. The zero-order valence-corrected chi connectivity index (χ0v) is 16.9. The standard InChI is InChI=1S/C16H35N5O2S/c1-15(2,20-24(6,22)23)12-18-14(17-5)19-13-16(3,4)21-10-8-7-9-11-21/h20H,7-13H2,1-6H3,(H2,17,18,19). The van der Waals surface area contributed by atoms with Crippen LogP contribution in [-0.4, -0.2) is 69.8 Å². The highest BCUT2D eigenvalue weighted by Crippen LogP contribution is 2.19. The highest BCUT2D eigenvalue weighted by molar-refractivity contribution is 7.88. The van der Waals surface area contributed by atoms with Gasteiger partial charge in [0.2, 0.25) is 10.0 Å². The SMILES string of the molecule is CN=C(NCC(C)(C)NS(C)(=O)=O)NCC(C)(C)N1CCCCC1. The molecule has 1 heterocycles. The molecule has 1 aliphatic heterocycles. The lowest BCUT2D eigenvalue weighted by atomic mass is 9.98. The van der Waals surface area contributed by atoms with Gasteiger partial charge >= 0.3 is 0 Å². The molecule has 0 aliphatic carbocycles. The Bertz CT molecular complexity index is 523. The largest absolute Gasteiger partial charge is 0.355 e. The highest BCUT2D eigenvalue weighted by atomic mass is 32.2. The first-order chi connectivity index (χ1) is 11.0. The van der Waals surface area contributed by atoms with E-state index in [1.54, 1.807) is 7.05 Å². The van der Waals surface area contributed by atoms with Crippen LogP contribution in [0.2, 0.25) is 0 Å². The first-order valence-corrected chi connectivity index (χ1v) is 10.5. The van der Waals surface area contributed by atoms with Gasteiger partial charge in [-0.25, -0.2) is 13.1 Å². The molecule has 142 valence electrons. The number of aliphatic imine (C=N–C) groups is 1. The summed E-state index contributed by atoms with van der Waals surface area (Å²) in [5, 5.41) is 6.56. The van der Waals surface area contributed by atoms with Crippen molar-refractivity contribution < 1.29 is 8.42 Å². The Kier molecular flexibility index (Phi) is 7.49. The molecule has 7 nitrogen and oxygen atoms in total. The number of likely N-dealkylation sites (tertiary alicyclic amines) is 1. The molecule has 0 spiro atoms. The normalized spacial score (nSPS) is 18.5. The van der Waals surface area contributed by atoms with Gasteiger partial charge in [0.25, 0.3) is 0 Å². The fourth-order valence-electron chi connectivity index (χ4n) is 2.97. The minimum Gasteiger partial charge on any atom is -0.355 e. The zero-order chi connectivity index (χ0) is 18.4. The number of hydrogen-bond donors (Lipinski definition) is 3. The van der Waals surface area contributed by atoms with E-state index in [2.05, 4.69) is 39.1 Å². The Morgan fingerprint density at radius 1 is 1.04 bits per heavy atom. The first-order valence-electron chi connectivity index (χ1n) is 8.64. The average molecular weight is 362 g/mol. The molecule has 3 N–H and O–H groups in total. The first kappa shape index (κ1) is 21.2. The van der Waals surface area contributed by atoms with Gasteiger partial charge in [-0.1, -0.05) is 6.42 Å². The summed E-state index contributed by atoms with van der Waals surface area (Å²) in [7, 11) is -1.52. The maximum atomic E-state index is 11.4. The van der Waals surface area contributed by atoms with Gasteiger partial charge in [0.1, 0.15) is 0 Å². The van der Waals surface area contributed by atoms with E-state index in [1.807, 2.05) is 13.8 Å². The molecular formula is C16H35N5O2S. The van der Waals surface area contributed by atoms with Crippen LogP contribution in [0.25, 0.3) is 0 Å². The van der Waals surface area contributed by atoms with E-state index in [4.69, 9.17) is 0 Å². The smallest absolute Gasteiger partial charge is 0.209 e. The molecule has 0 bridgehead atoms. The van der Waals surface area contributed by atoms with E-state index in [1.165, 1.54) is 25.5 Å². The summed E-state index contributed by atoms with van der Waals surface area (Å²) in [4.78, 5) is 6.75. The molecule has 0 radical (unpaired) electrons. The second-order valence-electron chi connectivity index (χ2n) is 7.90. The molecule has 0 aromatic heterocycles. The summed E-state index contributed by atoms with van der Waals surface area (Å²) in [6.45, 7) is 11.7. The summed E-state index contributed by atoms with van der Waals surface area (Å²) < 4.78 is 25.4. The number of hydrogen-bond acceptors (Lipinski definition) is 4. The number of nitrogens with one attached hydrogen (secondary N) is 3. The van der Waals surface area contributed by atoms with Crippen LogP contribution in [0.1, 0.15) is 47.0 Å². The van der Waals surface area contributed by atoms with Crippen LogP contribution in [0.3, 0.4) is 0 Å². The Balaban J connectivity index is 2.50. The van der Waals surface area contributed by atoms with E-state index in [-0.39, 0.29) is 5.54 Å². The van der Waals surface area contributed by atoms with E-state index >= 15 is 0 Å². The second-order valence-corrected chi connectivity index (χ2v) is 9.65. The Morgan fingerprint density at radius 3 is 2.08 bits per heavy atom. The molecule has 0 unspecified atom stereocenters. The van der Waals surface area contributed by atoms with E-state index in [0.29, 0.717) is 12.5 Å². The molecule has 1 rings (SSSR count). The van der Waals surface area contributed by atoms with E-state index in [0.717, 1.165) is 19.6 Å². The third-order valence-electron chi connectivity index (χ3n) is 4.28. The number of rotatable bonds is 7. The van der Waals surface area contributed by atoms with Crippen molar-refractivity contribution in [3.05, 3.63) is 0 Å². The molecule has 0 aromatic carbocycles. The zero-order valence-electron chi connectivity index (χ0n) is 16.1. The van der Waals surface area contributed by atoms with Crippen molar-refractivity contribution in [3.63, 3.8) is 0 Å². The fraction of sp³-hybridized carbons (Fsp3) is 0.938. The van der Waals surface area contributed by atoms with Gasteiger partial charge in [0.15, 0.2) is 5.96 Å². The molecule has 0 saturated carbocycles.